The van der Waals surface area contributed by atoms with Crippen LogP contribution in [0.15, 0.2) is 67.0 Å². The summed E-state index contributed by atoms with van der Waals surface area (Å²) in [5, 5.41) is 2.20. The van der Waals surface area contributed by atoms with Crippen LogP contribution < -0.4 is 4.57 Å². The summed E-state index contributed by atoms with van der Waals surface area (Å²) in [6, 6.07) is 15.7. The van der Waals surface area contributed by atoms with E-state index in [0.717, 1.165) is 10.8 Å². The molecule has 0 unspecified atom stereocenters. The van der Waals surface area contributed by atoms with Crippen LogP contribution >= 0.6 is 0 Å². The number of Topliss-reactive ketones (excluding diaryl/α,β-unsaturated/α-hetero) is 1. The Labute approximate surface area is 116 Å². The molecule has 0 spiro atoms. The molecule has 0 atom stereocenters. The third-order valence-corrected chi connectivity index (χ3v) is 3.22. The minimum absolute atomic E-state index is 0.107. The van der Waals surface area contributed by atoms with E-state index in [9.17, 15) is 9.18 Å². The lowest BCUT2D eigenvalue weighted by Crippen LogP contribution is -2.37. The molecule has 3 heteroatoms. The molecule has 1 heterocycles. The monoisotopic (exact) mass is 266 g/mol. The zero-order valence-electron chi connectivity index (χ0n) is 10.8. The Bertz CT molecular complexity index is 783. The van der Waals surface area contributed by atoms with Crippen molar-refractivity contribution in [1.82, 2.24) is 0 Å². The molecular formula is C17H13FNO+. The van der Waals surface area contributed by atoms with Gasteiger partial charge in [-0.05, 0) is 23.6 Å². The van der Waals surface area contributed by atoms with Crippen molar-refractivity contribution in [3.8, 4) is 0 Å². The van der Waals surface area contributed by atoms with Crippen LogP contribution in [0, 0.1) is 5.82 Å². The van der Waals surface area contributed by atoms with Crippen LogP contribution in [0.25, 0.3) is 10.8 Å². The summed E-state index contributed by atoms with van der Waals surface area (Å²) in [6.07, 6.45) is 3.78. The lowest BCUT2D eigenvalue weighted by atomic mass is 10.1. The molecule has 3 aromatic rings. The third kappa shape index (κ3) is 2.57. The highest BCUT2D eigenvalue weighted by Crippen LogP contribution is 2.10. The molecule has 0 aliphatic heterocycles. The average Bonchev–Trinajstić information content (AvgIpc) is 2.47. The quantitative estimate of drug-likeness (QED) is 0.527. The SMILES string of the molecule is O=C(C[n+]1ccc2ccccc2c1)c1cccc(F)c1. The standard InChI is InChI=1S/C17H13FNO/c18-16-7-3-6-14(10-16)17(20)12-19-9-8-13-4-1-2-5-15(13)11-19/h1-11H,12H2/q+1. The molecule has 0 aliphatic rings. The maximum atomic E-state index is 13.1. The van der Waals surface area contributed by atoms with Gasteiger partial charge in [-0.25, -0.2) is 4.39 Å². The summed E-state index contributed by atoms with van der Waals surface area (Å²) in [5.41, 5.74) is 0.394. The highest BCUT2D eigenvalue weighted by molar-refractivity contribution is 5.95. The number of nitrogens with zero attached hydrogens (tertiary/aromatic N) is 1. The highest BCUT2D eigenvalue weighted by Gasteiger charge is 2.13. The fraction of sp³-hybridized carbons (Fsp3) is 0.0588. The number of rotatable bonds is 3. The van der Waals surface area contributed by atoms with Gasteiger partial charge in [0.1, 0.15) is 5.82 Å². The predicted octanol–water partition coefficient (Wildman–Crippen LogP) is 3.15. The van der Waals surface area contributed by atoms with Gasteiger partial charge >= 0.3 is 0 Å². The van der Waals surface area contributed by atoms with E-state index in [1.165, 1.54) is 12.1 Å². The fourth-order valence-electron chi connectivity index (χ4n) is 2.20. The molecule has 98 valence electrons. The third-order valence-electron chi connectivity index (χ3n) is 3.22. The van der Waals surface area contributed by atoms with Gasteiger partial charge in [-0.3, -0.25) is 4.79 Å². The van der Waals surface area contributed by atoms with E-state index in [4.69, 9.17) is 0 Å². The summed E-state index contributed by atoms with van der Waals surface area (Å²) < 4.78 is 14.9. The average molecular weight is 266 g/mol. The summed E-state index contributed by atoms with van der Waals surface area (Å²) in [7, 11) is 0. The molecule has 1 aromatic heterocycles. The molecular weight excluding hydrogens is 253 g/mol. The second-order valence-electron chi connectivity index (χ2n) is 4.68. The first-order chi connectivity index (χ1) is 9.72. The Balaban J connectivity index is 1.87. The molecule has 0 saturated heterocycles. The van der Waals surface area contributed by atoms with E-state index in [0.29, 0.717) is 5.56 Å². The minimum Gasteiger partial charge on any atom is -0.287 e. The van der Waals surface area contributed by atoms with Crippen molar-refractivity contribution in [2.45, 2.75) is 6.54 Å². The zero-order chi connectivity index (χ0) is 13.9. The zero-order valence-corrected chi connectivity index (χ0v) is 10.8. The van der Waals surface area contributed by atoms with Crippen molar-refractivity contribution in [1.29, 1.82) is 0 Å². The Morgan fingerprint density at radius 3 is 2.60 bits per heavy atom. The molecule has 2 nitrogen and oxygen atoms in total. The number of ketones is 1. The van der Waals surface area contributed by atoms with Gasteiger partial charge in [0.15, 0.2) is 12.4 Å². The van der Waals surface area contributed by atoms with Gasteiger partial charge in [-0.1, -0.05) is 30.3 Å². The first-order valence-electron chi connectivity index (χ1n) is 6.39. The van der Waals surface area contributed by atoms with Crippen LogP contribution in [-0.2, 0) is 6.54 Å². The van der Waals surface area contributed by atoms with Gasteiger partial charge in [-0.2, -0.15) is 4.57 Å². The number of fused-ring (bicyclic) bond motifs is 1. The van der Waals surface area contributed by atoms with Crippen molar-refractivity contribution < 1.29 is 13.8 Å². The molecule has 0 N–H and O–H groups in total. The van der Waals surface area contributed by atoms with E-state index in [1.807, 2.05) is 47.3 Å². The molecule has 3 rings (SSSR count). The van der Waals surface area contributed by atoms with Gasteiger partial charge in [0.25, 0.3) is 0 Å². The Morgan fingerprint density at radius 1 is 1.00 bits per heavy atom. The van der Waals surface area contributed by atoms with Crippen LogP contribution in [0.1, 0.15) is 10.4 Å². The van der Waals surface area contributed by atoms with Crippen molar-refractivity contribution >= 4 is 16.6 Å². The topological polar surface area (TPSA) is 20.9 Å². The Morgan fingerprint density at radius 2 is 1.80 bits per heavy atom. The van der Waals surface area contributed by atoms with Gasteiger partial charge in [0.05, 0.1) is 0 Å². The van der Waals surface area contributed by atoms with Crippen LogP contribution in [0.2, 0.25) is 0 Å². The summed E-state index contributed by atoms with van der Waals surface area (Å²) in [4.78, 5) is 12.1. The fourth-order valence-corrected chi connectivity index (χ4v) is 2.20. The number of pyridine rings is 1. The molecule has 0 bridgehead atoms. The number of carbonyl (C=O) groups is 1. The molecule has 0 saturated carbocycles. The predicted molar refractivity (Wildman–Crippen MR) is 74.9 cm³/mol. The van der Waals surface area contributed by atoms with Crippen molar-refractivity contribution in [3.63, 3.8) is 0 Å². The van der Waals surface area contributed by atoms with Crippen molar-refractivity contribution in [2.75, 3.05) is 0 Å². The number of aromatic nitrogens is 1. The largest absolute Gasteiger partial charge is 0.287 e. The summed E-state index contributed by atoms with van der Waals surface area (Å²) in [6.45, 7) is 0.203. The van der Waals surface area contributed by atoms with Crippen molar-refractivity contribution in [3.05, 3.63) is 78.4 Å². The second-order valence-corrected chi connectivity index (χ2v) is 4.68. The summed E-state index contributed by atoms with van der Waals surface area (Å²) in [5.74, 6) is -0.496. The summed E-state index contributed by atoms with van der Waals surface area (Å²) >= 11 is 0. The van der Waals surface area contributed by atoms with Crippen molar-refractivity contribution in [2.24, 2.45) is 0 Å². The van der Waals surface area contributed by atoms with E-state index < -0.39 is 0 Å². The van der Waals surface area contributed by atoms with E-state index in [2.05, 4.69) is 0 Å². The highest BCUT2D eigenvalue weighted by atomic mass is 19.1. The van der Waals surface area contributed by atoms with E-state index in [1.54, 1.807) is 12.1 Å². The van der Waals surface area contributed by atoms with Crippen LogP contribution in [0.5, 0.6) is 0 Å². The molecule has 0 radical (unpaired) electrons. The van der Waals surface area contributed by atoms with Crippen LogP contribution in [0.3, 0.4) is 0 Å². The number of benzene rings is 2. The molecule has 2 aromatic carbocycles. The first-order valence-corrected chi connectivity index (χ1v) is 6.39. The molecule has 0 aliphatic carbocycles. The van der Waals surface area contributed by atoms with Gasteiger partial charge in [0, 0.05) is 17.0 Å². The number of hydrogen-bond donors (Lipinski definition) is 0. The number of carbonyl (C=O) groups excluding carboxylic acids is 1. The maximum absolute atomic E-state index is 13.1. The van der Waals surface area contributed by atoms with Gasteiger partial charge in [-0.15, -0.1) is 0 Å². The number of halogens is 1. The molecule has 20 heavy (non-hydrogen) atoms. The lowest BCUT2D eigenvalue weighted by Gasteiger charge is -2.00. The Hall–Kier alpha value is -2.55. The molecule has 0 amide bonds. The van der Waals surface area contributed by atoms with Gasteiger partial charge < -0.3 is 0 Å². The normalized spacial score (nSPS) is 10.7. The van der Waals surface area contributed by atoms with E-state index >= 15 is 0 Å². The lowest BCUT2D eigenvalue weighted by molar-refractivity contribution is -0.681. The molecule has 0 fully saturated rings. The van der Waals surface area contributed by atoms with Gasteiger partial charge in [0.2, 0.25) is 12.3 Å². The van der Waals surface area contributed by atoms with E-state index in [-0.39, 0.29) is 18.1 Å². The first kappa shape index (κ1) is 12.5. The minimum atomic E-state index is -0.389. The second kappa shape index (κ2) is 5.21. The maximum Gasteiger partial charge on any atom is 0.227 e. The van der Waals surface area contributed by atoms with Crippen LogP contribution in [0.4, 0.5) is 4.39 Å². The Kier molecular flexibility index (Phi) is 3.25. The number of hydrogen-bond acceptors (Lipinski definition) is 1. The smallest absolute Gasteiger partial charge is 0.227 e. The van der Waals surface area contributed by atoms with Crippen LogP contribution in [-0.4, -0.2) is 5.78 Å².